The number of hydrogen-bond donors (Lipinski definition) is 2. The minimum Gasteiger partial charge on any atom is -0.387 e. The molecule has 6 heteroatoms. The molecule has 20 heavy (non-hydrogen) atoms. The first-order valence-electron chi connectivity index (χ1n) is 6.40. The lowest BCUT2D eigenvalue weighted by Crippen LogP contribution is -2.33. The second-order valence-electron chi connectivity index (χ2n) is 4.73. The van der Waals surface area contributed by atoms with Gasteiger partial charge in [-0.25, -0.2) is 8.78 Å². The van der Waals surface area contributed by atoms with Crippen LogP contribution in [0.3, 0.4) is 0 Å². The summed E-state index contributed by atoms with van der Waals surface area (Å²) in [4.78, 5) is 0. The number of rotatable bonds is 6. The molecule has 0 spiro atoms. The van der Waals surface area contributed by atoms with Gasteiger partial charge < -0.3 is 10.4 Å². The summed E-state index contributed by atoms with van der Waals surface area (Å²) in [6, 6.07) is 5.34. The van der Waals surface area contributed by atoms with Crippen LogP contribution in [0.25, 0.3) is 0 Å². The molecule has 0 unspecified atom stereocenters. The van der Waals surface area contributed by atoms with Crippen LogP contribution in [0.2, 0.25) is 0 Å². The first-order valence-corrected chi connectivity index (χ1v) is 6.40. The number of aromatic nitrogens is 2. The predicted molar refractivity (Wildman–Crippen MR) is 71.0 cm³/mol. The first kappa shape index (κ1) is 14.6. The Labute approximate surface area is 116 Å². The van der Waals surface area contributed by atoms with Gasteiger partial charge in [0.25, 0.3) is 0 Å². The molecule has 0 aliphatic heterocycles. The van der Waals surface area contributed by atoms with E-state index >= 15 is 0 Å². The average molecular weight is 281 g/mol. The molecule has 1 aromatic carbocycles. The molecule has 0 aliphatic carbocycles. The van der Waals surface area contributed by atoms with Crippen LogP contribution in [0, 0.1) is 11.6 Å². The molecule has 0 radical (unpaired) electrons. The summed E-state index contributed by atoms with van der Waals surface area (Å²) >= 11 is 0. The van der Waals surface area contributed by atoms with E-state index in [1.54, 1.807) is 10.9 Å². The van der Waals surface area contributed by atoms with E-state index in [4.69, 9.17) is 0 Å². The lowest BCUT2D eigenvalue weighted by molar-refractivity contribution is 0.168. The predicted octanol–water partition coefficient (Wildman–Crippen LogP) is 1.87. The van der Waals surface area contributed by atoms with Crippen molar-refractivity contribution in [1.29, 1.82) is 0 Å². The quantitative estimate of drug-likeness (QED) is 0.850. The zero-order valence-corrected chi connectivity index (χ0v) is 11.1. The Morgan fingerprint density at radius 1 is 1.35 bits per heavy atom. The smallest absolute Gasteiger partial charge is 0.159 e. The van der Waals surface area contributed by atoms with Crippen LogP contribution >= 0.6 is 0 Å². The van der Waals surface area contributed by atoms with E-state index in [2.05, 4.69) is 10.4 Å². The summed E-state index contributed by atoms with van der Waals surface area (Å²) in [5.74, 6) is -1.87. The Balaban J connectivity index is 1.85. The van der Waals surface area contributed by atoms with Gasteiger partial charge in [-0.05, 0) is 30.7 Å². The fourth-order valence-corrected chi connectivity index (χ4v) is 1.90. The molecular formula is C14H17F2N3O. The van der Waals surface area contributed by atoms with Gasteiger partial charge in [0.05, 0.1) is 12.6 Å². The molecular weight excluding hydrogens is 264 g/mol. The molecule has 108 valence electrons. The van der Waals surface area contributed by atoms with E-state index in [0.717, 1.165) is 12.1 Å². The van der Waals surface area contributed by atoms with Crippen LogP contribution in [0.4, 0.5) is 8.78 Å². The third-order valence-corrected chi connectivity index (χ3v) is 3.01. The van der Waals surface area contributed by atoms with Crippen molar-refractivity contribution in [3.63, 3.8) is 0 Å². The summed E-state index contributed by atoms with van der Waals surface area (Å²) in [6.45, 7) is 2.88. The van der Waals surface area contributed by atoms with Crippen molar-refractivity contribution in [2.75, 3.05) is 6.54 Å². The van der Waals surface area contributed by atoms with Gasteiger partial charge in [-0.3, -0.25) is 4.68 Å². The molecule has 0 saturated heterocycles. The van der Waals surface area contributed by atoms with Gasteiger partial charge in [0.15, 0.2) is 11.6 Å². The Morgan fingerprint density at radius 2 is 2.15 bits per heavy atom. The second kappa shape index (κ2) is 6.58. The minimum absolute atomic E-state index is 0.0924. The fraction of sp³-hybridized carbons (Fsp3) is 0.357. The van der Waals surface area contributed by atoms with E-state index < -0.39 is 17.7 Å². The van der Waals surface area contributed by atoms with E-state index in [1.807, 2.05) is 19.2 Å². The number of benzene rings is 1. The van der Waals surface area contributed by atoms with Crippen molar-refractivity contribution in [2.24, 2.45) is 0 Å². The van der Waals surface area contributed by atoms with Gasteiger partial charge in [-0.1, -0.05) is 6.07 Å². The van der Waals surface area contributed by atoms with Crippen molar-refractivity contribution < 1.29 is 13.9 Å². The van der Waals surface area contributed by atoms with Gasteiger partial charge >= 0.3 is 0 Å². The molecule has 1 aromatic heterocycles. The highest BCUT2D eigenvalue weighted by Crippen LogP contribution is 2.15. The third kappa shape index (κ3) is 3.85. The van der Waals surface area contributed by atoms with Gasteiger partial charge in [0.1, 0.15) is 0 Å². The van der Waals surface area contributed by atoms with Crippen molar-refractivity contribution >= 4 is 0 Å². The van der Waals surface area contributed by atoms with Gasteiger partial charge in [0.2, 0.25) is 0 Å². The van der Waals surface area contributed by atoms with Crippen molar-refractivity contribution in [3.05, 3.63) is 53.9 Å². The number of nitrogens with zero attached hydrogens (tertiary/aromatic N) is 2. The van der Waals surface area contributed by atoms with Gasteiger partial charge in [-0.15, -0.1) is 0 Å². The SMILES string of the molecule is C[C@H](Cn1cccn1)NC[C@@H](O)c1ccc(F)c(F)c1. The van der Waals surface area contributed by atoms with Crippen LogP contribution in [0.15, 0.2) is 36.7 Å². The van der Waals surface area contributed by atoms with Gasteiger partial charge in [-0.2, -0.15) is 5.10 Å². The zero-order chi connectivity index (χ0) is 14.5. The zero-order valence-electron chi connectivity index (χ0n) is 11.1. The van der Waals surface area contributed by atoms with E-state index in [1.165, 1.54) is 6.07 Å². The highest BCUT2D eigenvalue weighted by Gasteiger charge is 2.12. The monoisotopic (exact) mass is 281 g/mol. The third-order valence-electron chi connectivity index (χ3n) is 3.01. The molecule has 0 bridgehead atoms. The number of aliphatic hydroxyl groups is 1. The van der Waals surface area contributed by atoms with Crippen LogP contribution < -0.4 is 5.32 Å². The number of halogens is 2. The maximum Gasteiger partial charge on any atom is 0.159 e. The lowest BCUT2D eigenvalue weighted by atomic mass is 10.1. The highest BCUT2D eigenvalue weighted by atomic mass is 19.2. The normalized spacial score (nSPS) is 14.2. The summed E-state index contributed by atoms with van der Waals surface area (Å²) in [7, 11) is 0. The summed E-state index contributed by atoms with van der Waals surface area (Å²) in [5, 5.41) is 17.1. The molecule has 2 aromatic rings. The maximum absolute atomic E-state index is 13.1. The number of hydrogen-bond acceptors (Lipinski definition) is 3. The van der Waals surface area contributed by atoms with E-state index in [-0.39, 0.29) is 12.6 Å². The number of aliphatic hydroxyl groups excluding tert-OH is 1. The average Bonchev–Trinajstić information content (AvgIpc) is 2.92. The van der Waals surface area contributed by atoms with E-state index in [0.29, 0.717) is 12.1 Å². The minimum atomic E-state index is -0.953. The summed E-state index contributed by atoms with van der Waals surface area (Å²) < 4.78 is 27.7. The molecule has 1 heterocycles. The highest BCUT2D eigenvalue weighted by molar-refractivity contribution is 5.20. The lowest BCUT2D eigenvalue weighted by Gasteiger charge is -2.17. The van der Waals surface area contributed by atoms with Crippen LogP contribution in [0.5, 0.6) is 0 Å². The Bertz CT molecular complexity index is 545. The van der Waals surface area contributed by atoms with Crippen LogP contribution in [-0.2, 0) is 6.54 Å². The molecule has 0 saturated carbocycles. The topological polar surface area (TPSA) is 50.1 Å². The van der Waals surface area contributed by atoms with Crippen LogP contribution in [-0.4, -0.2) is 27.5 Å². The summed E-state index contributed by atoms with van der Waals surface area (Å²) in [6.07, 6.45) is 2.66. The molecule has 2 N–H and O–H groups in total. The first-order chi connectivity index (χ1) is 9.56. The largest absolute Gasteiger partial charge is 0.387 e. The van der Waals surface area contributed by atoms with Crippen molar-refractivity contribution in [1.82, 2.24) is 15.1 Å². The molecule has 0 fully saturated rings. The molecule has 0 aliphatic rings. The fourth-order valence-electron chi connectivity index (χ4n) is 1.90. The van der Waals surface area contributed by atoms with Crippen molar-refractivity contribution in [2.45, 2.75) is 25.6 Å². The molecule has 0 amide bonds. The van der Waals surface area contributed by atoms with Gasteiger partial charge in [0, 0.05) is 25.0 Å². The van der Waals surface area contributed by atoms with E-state index in [9.17, 15) is 13.9 Å². The Morgan fingerprint density at radius 3 is 2.80 bits per heavy atom. The molecule has 2 rings (SSSR count). The molecule has 4 nitrogen and oxygen atoms in total. The van der Waals surface area contributed by atoms with Crippen LogP contribution in [0.1, 0.15) is 18.6 Å². The Kier molecular flexibility index (Phi) is 4.81. The summed E-state index contributed by atoms with van der Waals surface area (Å²) in [5.41, 5.74) is 0.350. The second-order valence-corrected chi connectivity index (χ2v) is 4.73. The maximum atomic E-state index is 13.1. The number of nitrogens with one attached hydrogen (secondary N) is 1. The van der Waals surface area contributed by atoms with Crippen molar-refractivity contribution in [3.8, 4) is 0 Å². The molecule has 2 atom stereocenters. The Hall–Kier alpha value is -1.79. The standard InChI is InChI=1S/C14H17F2N3O/c1-10(9-19-6-2-5-18-19)17-8-14(20)11-3-4-12(15)13(16)7-11/h2-7,10,14,17,20H,8-9H2,1H3/t10-,14-/m1/s1.